The summed E-state index contributed by atoms with van der Waals surface area (Å²) in [6, 6.07) is 1.09. The maximum Gasteiger partial charge on any atom is 0.0842 e. The summed E-state index contributed by atoms with van der Waals surface area (Å²) in [6.07, 6.45) is 0.861. The predicted molar refractivity (Wildman–Crippen MR) is 34.2 cm³/mol. The highest BCUT2D eigenvalue weighted by Gasteiger charge is 1.82. The van der Waals surface area contributed by atoms with Crippen LogP contribution in [0, 0.1) is 0 Å². The van der Waals surface area contributed by atoms with Gasteiger partial charge in [-0.25, -0.2) is 4.21 Å². The van der Waals surface area contributed by atoms with Crippen LogP contribution >= 0.6 is 0 Å². The van der Waals surface area contributed by atoms with Gasteiger partial charge in [0.25, 0.3) is 0 Å². The van der Waals surface area contributed by atoms with Crippen LogP contribution in [0.3, 0.4) is 0 Å². The fraction of sp³-hybridized carbons (Fsp3) is 1.00. The van der Waals surface area contributed by atoms with E-state index in [1.165, 1.54) is 0 Å². The van der Waals surface area contributed by atoms with Crippen LogP contribution in [0.2, 0.25) is 6.04 Å². The smallest absolute Gasteiger partial charge is 0.0842 e. The lowest BCUT2D eigenvalue weighted by Crippen LogP contribution is -1.96. The third-order valence-corrected chi connectivity index (χ3v) is 1.74. The van der Waals surface area contributed by atoms with Crippen molar-refractivity contribution in [2.24, 2.45) is 0 Å². The molecule has 8 heavy (non-hydrogen) atoms. The minimum absolute atomic E-state index is 0.347. The molecule has 0 aromatic rings. The van der Waals surface area contributed by atoms with Crippen LogP contribution in [0.1, 0.15) is 6.42 Å². The molecule has 0 saturated carbocycles. The molecule has 0 aliphatic carbocycles. The van der Waals surface area contributed by atoms with E-state index >= 15 is 0 Å². The Morgan fingerprint density at radius 1 is 1.75 bits per heavy atom. The van der Waals surface area contributed by atoms with Crippen LogP contribution in [-0.4, -0.2) is 25.6 Å². The first-order chi connectivity index (χ1) is 3.77. The van der Waals surface area contributed by atoms with Crippen molar-refractivity contribution in [3.63, 3.8) is 0 Å². The molecule has 1 atom stereocenters. The summed E-state index contributed by atoms with van der Waals surface area (Å²) in [4.78, 5) is 0. The van der Waals surface area contributed by atoms with Crippen LogP contribution in [0.25, 0.3) is 0 Å². The van der Waals surface area contributed by atoms with Gasteiger partial charge in [-0.05, 0) is 6.42 Å². The molecule has 0 aromatic heterocycles. The molecule has 0 saturated heterocycles. The van der Waals surface area contributed by atoms with Crippen LogP contribution in [0.4, 0.5) is 0 Å². The van der Waals surface area contributed by atoms with Crippen molar-refractivity contribution in [2.45, 2.75) is 12.5 Å². The minimum atomic E-state index is -2.30. The minimum Gasteiger partial charge on any atom is -0.750 e. The molecule has 0 aliphatic heterocycles. The van der Waals surface area contributed by atoms with Gasteiger partial charge in [-0.15, -0.1) is 0 Å². The lowest BCUT2D eigenvalue weighted by Gasteiger charge is -2.02. The van der Waals surface area contributed by atoms with Gasteiger partial charge in [-0.1, -0.05) is 6.04 Å². The van der Waals surface area contributed by atoms with Gasteiger partial charge in [0, 0.05) is 10.2 Å². The third-order valence-electron chi connectivity index (χ3n) is 0.677. The fourth-order valence-corrected chi connectivity index (χ4v) is 0.814. The first kappa shape index (κ1) is 8.29. The van der Waals surface area contributed by atoms with E-state index in [0.29, 0.717) is 6.61 Å². The van der Waals surface area contributed by atoms with E-state index < -0.39 is 11.4 Å². The average molecular weight is 153 g/mol. The summed E-state index contributed by atoms with van der Waals surface area (Å²) in [5.41, 5.74) is 0. The maximum atomic E-state index is 9.66. The summed E-state index contributed by atoms with van der Waals surface area (Å²) in [5, 5.41) is 0. The third kappa shape index (κ3) is 6.29. The van der Waals surface area contributed by atoms with Gasteiger partial charge in [-0.3, -0.25) is 0 Å². The summed E-state index contributed by atoms with van der Waals surface area (Å²) in [6.45, 7) is 0.347. The van der Waals surface area contributed by atoms with E-state index in [9.17, 15) is 8.76 Å². The van der Waals surface area contributed by atoms with Gasteiger partial charge in [0.2, 0.25) is 0 Å². The van der Waals surface area contributed by atoms with Crippen LogP contribution in [0.15, 0.2) is 0 Å². The molecule has 0 N–H and O–H groups in total. The summed E-state index contributed by atoms with van der Waals surface area (Å²) in [5.74, 6) is 0. The van der Waals surface area contributed by atoms with Crippen molar-refractivity contribution in [2.75, 3.05) is 6.61 Å². The Balaban J connectivity index is 2.82. The summed E-state index contributed by atoms with van der Waals surface area (Å²) >= 11 is -2.30. The molecule has 0 heterocycles. The van der Waals surface area contributed by atoms with E-state index in [4.69, 9.17) is 0 Å². The summed E-state index contributed by atoms with van der Waals surface area (Å²) < 4.78 is 23.5. The first-order valence-electron chi connectivity index (χ1n) is 2.50. The second-order valence-electron chi connectivity index (χ2n) is 1.38. The monoisotopic (exact) mass is 153 g/mol. The largest absolute Gasteiger partial charge is 0.750 e. The zero-order valence-electron chi connectivity index (χ0n) is 4.75. The zero-order chi connectivity index (χ0) is 6.41. The fourth-order valence-electron chi connectivity index (χ4n) is 0.271. The number of rotatable bonds is 4. The van der Waals surface area contributed by atoms with Gasteiger partial charge >= 0.3 is 0 Å². The normalized spacial score (nSPS) is 14.1. The Morgan fingerprint density at radius 2 is 2.38 bits per heavy atom. The Labute approximate surface area is 54.3 Å². The van der Waals surface area contributed by atoms with E-state index in [1.807, 2.05) is 0 Å². The van der Waals surface area contributed by atoms with Gasteiger partial charge in [-0.2, -0.15) is 0 Å². The van der Waals surface area contributed by atoms with E-state index in [2.05, 4.69) is 4.18 Å². The van der Waals surface area contributed by atoms with Crippen LogP contribution in [0.5, 0.6) is 0 Å². The number of hydrogen-bond donors (Lipinski definition) is 0. The molecule has 0 spiro atoms. The standard InChI is InChI=1S/C3H10O3SSi/c4-7(5)6-2-1-3-8/h1-3H2,8H3,(H,4,5)/p-1. The van der Waals surface area contributed by atoms with Gasteiger partial charge in [0.15, 0.2) is 0 Å². The molecule has 0 amide bonds. The highest BCUT2D eigenvalue weighted by molar-refractivity contribution is 7.74. The molecule has 0 aliphatic rings. The highest BCUT2D eigenvalue weighted by atomic mass is 32.2. The van der Waals surface area contributed by atoms with Crippen molar-refractivity contribution >= 4 is 21.6 Å². The first-order valence-corrected chi connectivity index (χ1v) is 4.91. The van der Waals surface area contributed by atoms with Gasteiger partial charge < -0.3 is 8.74 Å². The molecular formula is C3H9O3SSi-. The van der Waals surface area contributed by atoms with Crippen molar-refractivity contribution in [1.29, 1.82) is 0 Å². The van der Waals surface area contributed by atoms with Crippen molar-refractivity contribution in [1.82, 2.24) is 0 Å². The quantitative estimate of drug-likeness (QED) is 0.295. The van der Waals surface area contributed by atoms with E-state index in [0.717, 1.165) is 22.7 Å². The predicted octanol–water partition coefficient (Wildman–Crippen LogP) is -1.03. The Kier molecular flexibility index (Phi) is 5.62. The maximum absolute atomic E-state index is 9.66. The second kappa shape index (κ2) is 5.42. The lowest BCUT2D eigenvalue weighted by molar-refractivity contribution is 0.301. The average Bonchev–Trinajstić information content (AvgIpc) is 1.66. The Bertz CT molecular complexity index is 76.9. The Hall–Kier alpha value is 0.287. The summed E-state index contributed by atoms with van der Waals surface area (Å²) in [7, 11) is 1.12. The van der Waals surface area contributed by atoms with Gasteiger partial charge in [0.05, 0.1) is 18.0 Å². The molecule has 0 rings (SSSR count). The number of hydrogen-bond acceptors (Lipinski definition) is 3. The molecule has 0 aromatic carbocycles. The van der Waals surface area contributed by atoms with Crippen LogP contribution < -0.4 is 0 Å². The Morgan fingerprint density at radius 3 is 2.75 bits per heavy atom. The second-order valence-corrected chi connectivity index (χ2v) is 3.02. The zero-order valence-corrected chi connectivity index (χ0v) is 7.57. The molecular weight excluding hydrogens is 144 g/mol. The SMILES string of the molecule is O=S([O-])OCCC[SiH3]. The molecule has 5 heteroatoms. The lowest BCUT2D eigenvalue weighted by atomic mass is 10.5. The topological polar surface area (TPSA) is 49.4 Å². The van der Waals surface area contributed by atoms with Crippen LogP contribution in [-0.2, 0) is 15.5 Å². The van der Waals surface area contributed by atoms with Crippen molar-refractivity contribution in [3.8, 4) is 0 Å². The molecule has 0 fully saturated rings. The highest BCUT2D eigenvalue weighted by Crippen LogP contribution is 1.86. The molecule has 0 radical (unpaired) electrons. The molecule has 1 unspecified atom stereocenters. The van der Waals surface area contributed by atoms with Crippen molar-refractivity contribution in [3.05, 3.63) is 0 Å². The van der Waals surface area contributed by atoms with E-state index in [-0.39, 0.29) is 0 Å². The molecule has 0 bridgehead atoms. The van der Waals surface area contributed by atoms with E-state index in [1.54, 1.807) is 0 Å². The van der Waals surface area contributed by atoms with Crippen molar-refractivity contribution < 1.29 is 12.9 Å². The van der Waals surface area contributed by atoms with Gasteiger partial charge in [0.1, 0.15) is 0 Å². The molecule has 50 valence electrons. The molecule has 3 nitrogen and oxygen atoms in total.